The van der Waals surface area contributed by atoms with E-state index in [-0.39, 0.29) is 22.8 Å². The Hall–Kier alpha value is -3.46. The Labute approximate surface area is 167 Å². The largest absolute Gasteiger partial charge is 0.496 e. The van der Waals surface area contributed by atoms with E-state index < -0.39 is 20.8 Å². The Bertz CT molecular complexity index is 1120. The first-order valence-electron chi connectivity index (χ1n) is 8.47. The van der Waals surface area contributed by atoms with E-state index in [0.29, 0.717) is 11.3 Å². The molecule has 3 aromatic carbocycles. The summed E-state index contributed by atoms with van der Waals surface area (Å²) in [5.74, 6) is -0.00256. The van der Waals surface area contributed by atoms with Crippen LogP contribution in [0.15, 0.2) is 77.7 Å². The van der Waals surface area contributed by atoms with Gasteiger partial charge in [-0.05, 0) is 42.5 Å². The Balaban J connectivity index is 2.08. The van der Waals surface area contributed by atoms with Crippen LogP contribution in [0.2, 0.25) is 0 Å². The summed E-state index contributed by atoms with van der Waals surface area (Å²) in [6.07, 6.45) is 0. The first-order valence-corrected chi connectivity index (χ1v) is 9.91. The van der Waals surface area contributed by atoms with E-state index in [1.54, 1.807) is 24.3 Å². The Morgan fingerprint density at radius 3 is 2.21 bits per heavy atom. The minimum atomic E-state index is -4.10. The molecule has 0 atom stereocenters. The quantitative estimate of drug-likeness (QED) is 0.427. The number of non-ortho nitro benzene ring substituents is 1. The average molecular weight is 416 g/mol. The maximum atomic E-state index is 13.4. The number of nitro benzene ring substituents is 1. The molecule has 0 aliphatic carbocycles. The van der Waals surface area contributed by atoms with Crippen LogP contribution in [0.4, 0.5) is 15.8 Å². The van der Waals surface area contributed by atoms with E-state index in [4.69, 9.17) is 4.74 Å². The van der Waals surface area contributed by atoms with Gasteiger partial charge in [0.1, 0.15) is 11.6 Å². The van der Waals surface area contributed by atoms with Gasteiger partial charge in [0, 0.05) is 17.7 Å². The fraction of sp³-hybridized carbons (Fsp3) is 0.100. The van der Waals surface area contributed by atoms with E-state index in [2.05, 4.69) is 0 Å². The van der Waals surface area contributed by atoms with Gasteiger partial charge in [-0.3, -0.25) is 14.4 Å². The Kier molecular flexibility index (Phi) is 5.79. The fourth-order valence-electron chi connectivity index (χ4n) is 2.78. The molecule has 0 unspecified atom stereocenters. The molecule has 0 amide bonds. The number of para-hydroxylation sites is 1. The lowest BCUT2D eigenvalue weighted by Gasteiger charge is -2.25. The van der Waals surface area contributed by atoms with Crippen LogP contribution < -0.4 is 9.04 Å². The zero-order chi connectivity index (χ0) is 21.0. The number of hydrogen-bond acceptors (Lipinski definition) is 5. The van der Waals surface area contributed by atoms with Crippen LogP contribution in [0.25, 0.3) is 0 Å². The normalized spacial score (nSPS) is 11.1. The van der Waals surface area contributed by atoms with Crippen LogP contribution in [-0.4, -0.2) is 20.5 Å². The van der Waals surface area contributed by atoms with Gasteiger partial charge in [0.2, 0.25) is 0 Å². The van der Waals surface area contributed by atoms with Crippen LogP contribution in [0.3, 0.4) is 0 Å². The van der Waals surface area contributed by atoms with Gasteiger partial charge in [-0.2, -0.15) is 0 Å². The van der Waals surface area contributed by atoms with Crippen molar-refractivity contribution < 1.29 is 22.5 Å². The van der Waals surface area contributed by atoms with E-state index in [0.717, 1.165) is 28.6 Å². The summed E-state index contributed by atoms with van der Waals surface area (Å²) in [6.45, 7) is -0.0744. The molecule has 0 N–H and O–H groups in total. The molecule has 0 aliphatic rings. The molecule has 0 radical (unpaired) electrons. The van der Waals surface area contributed by atoms with Crippen molar-refractivity contribution in [2.45, 2.75) is 11.4 Å². The summed E-state index contributed by atoms with van der Waals surface area (Å²) < 4.78 is 46.4. The predicted molar refractivity (Wildman–Crippen MR) is 106 cm³/mol. The SMILES string of the molecule is COc1ccccc1CN(c1ccc(F)cc1)S(=O)(=O)c1ccc([N+](=O)[O-])cc1. The maximum absolute atomic E-state index is 13.4. The third-order valence-corrected chi connectivity index (χ3v) is 6.04. The van der Waals surface area contributed by atoms with Gasteiger partial charge in [0.25, 0.3) is 15.7 Å². The highest BCUT2D eigenvalue weighted by molar-refractivity contribution is 7.92. The molecule has 0 saturated heterocycles. The molecule has 0 bridgehead atoms. The first kappa shape index (κ1) is 20.3. The molecule has 150 valence electrons. The second-order valence-electron chi connectivity index (χ2n) is 6.05. The number of nitro groups is 1. The Morgan fingerprint density at radius 1 is 1.00 bits per heavy atom. The number of ether oxygens (including phenoxy) is 1. The van der Waals surface area contributed by atoms with Gasteiger partial charge in [0.15, 0.2) is 0 Å². The lowest BCUT2D eigenvalue weighted by Crippen LogP contribution is -2.30. The monoisotopic (exact) mass is 416 g/mol. The number of anilines is 1. The smallest absolute Gasteiger partial charge is 0.269 e. The summed E-state index contributed by atoms with van der Waals surface area (Å²) >= 11 is 0. The van der Waals surface area contributed by atoms with E-state index in [1.165, 1.54) is 31.4 Å². The van der Waals surface area contributed by atoms with E-state index >= 15 is 0 Å². The van der Waals surface area contributed by atoms with Crippen molar-refractivity contribution in [3.8, 4) is 5.75 Å². The van der Waals surface area contributed by atoms with Crippen LogP contribution in [-0.2, 0) is 16.6 Å². The van der Waals surface area contributed by atoms with Gasteiger partial charge < -0.3 is 4.74 Å². The summed E-state index contributed by atoms with van der Waals surface area (Å²) in [6, 6.07) is 16.6. The topological polar surface area (TPSA) is 89.8 Å². The predicted octanol–water partition coefficient (Wildman–Crippen LogP) is 4.14. The highest BCUT2D eigenvalue weighted by Gasteiger charge is 2.27. The third kappa shape index (κ3) is 4.35. The van der Waals surface area contributed by atoms with Crippen molar-refractivity contribution >= 4 is 21.4 Å². The summed E-state index contributed by atoms with van der Waals surface area (Å²) in [5, 5.41) is 10.9. The minimum absolute atomic E-state index is 0.0744. The van der Waals surface area contributed by atoms with Crippen molar-refractivity contribution in [2.24, 2.45) is 0 Å². The van der Waals surface area contributed by atoms with Gasteiger partial charge in [-0.1, -0.05) is 18.2 Å². The molecule has 0 spiro atoms. The third-order valence-electron chi connectivity index (χ3n) is 4.26. The van der Waals surface area contributed by atoms with Crippen molar-refractivity contribution in [3.05, 3.63) is 94.3 Å². The maximum Gasteiger partial charge on any atom is 0.269 e. The van der Waals surface area contributed by atoms with Crippen molar-refractivity contribution in [2.75, 3.05) is 11.4 Å². The van der Waals surface area contributed by atoms with Crippen LogP contribution in [0.5, 0.6) is 5.75 Å². The van der Waals surface area contributed by atoms with E-state index in [9.17, 15) is 22.9 Å². The number of nitrogens with zero attached hydrogens (tertiary/aromatic N) is 2. The second-order valence-corrected chi connectivity index (χ2v) is 7.91. The van der Waals surface area contributed by atoms with Gasteiger partial charge in [-0.15, -0.1) is 0 Å². The molecule has 29 heavy (non-hydrogen) atoms. The van der Waals surface area contributed by atoms with Crippen molar-refractivity contribution in [1.82, 2.24) is 0 Å². The first-order chi connectivity index (χ1) is 13.8. The number of rotatable bonds is 7. The van der Waals surface area contributed by atoms with Gasteiger partial charge >= 0.3 is 0 Å². The standard InChI is InChI=1S/C20H17FN2O5S/c1-28-20-5-3-2-4-15(20)14-22(17-8-6-16(21)7-9-17)29(26,27)19-12-10-18(11-13-19)23(24)25/h2-13H,14H2,1H3. The lowest BCUT2D eigenvalue weighted by atomic mass is 10.2. The molecule has 0 saturated carbocycles. The number of benzene rings is 3. The molecule has 3 aromatic rings. The molecule has 9 heteroatoms. The zero-order valence-corrected chi connectivity index (χ0v) is 16.2. The number of methoxy groups -OCH3 is 1. The molecule has 0 fully saturated rings. The summed E-state index contributed by atoms with van der Waals surface area (Å²) in [5.41, 5.74) is 0.627. The molecular weight excluding hydrogens is 399 g/mol. The van der Waals surface area contributed by atoms with E-state index in [1.807, 2.05) is 0 Å². The van der Waals surface area contributed by atoms with Gasteiger partial charge in [-0.25, -0.2) is 12.8 Å². The zero-order valence-electron chi connectivity index (χ0n) is 15.4. The Morgan fingerprint density at radius 2 is 1.62 bits per heavy atom. The second kappa shape index (κ2) is 8.27. The molecule has 0 aliphatic heterocycles. The fourth-order valence-corrected chi connectivity index (χ4v) is 4.22. The molecule has 7 nitrogen and oxygen atoms in total. The highest BCUT2D eigenvalue weighted by atomic mass is 32.2. The van der Waals surface area contributed by atoms with Crippen molar-refractivity contribution in [1.29, 1.82) is 0 Å². The van der Waals surface area contributed by atoms with Gasteiger partial charge in [0.05, 0.1) is 29.2 Å². The molecule has 0 heterocycles. The summed E-state index contributed by atoms with van der Waals surface area (Å²) in [7, 11) is -2.62. The highest BCUT2D eigenvalue weighted by Crippen LogP contribution is 2.29. The average Bonchev–Trinajstić information content (AvgIpc) is 2.73. The van der Waals surface area contributed by atoms with Crippen LogP contribution in [0.1, 0.15) is 5.56 Å². The van der Waals surface area contributed by atoms with Crippen LogP contribution >= 0.6 is 0 Å². The lowest BCUT2D eigenvalue weighted by molar-refractivity contribution is -0.384. The molecule has 0 aromatic heterocycles. The number of halogens is 1. The van der Waals surface area contributed by atoms with Crippen LogP contribution in [0, 0.1) is 15.9 Å². The summed E-state index contributed by atoms with van der Waals surface area (Å²) in [4.78, 5) is 10.1. The number of hydrogen-bond donors (Lipinski definition) is 0. The van der Waals surface area contributed by atoms with Crippen molar-refractivity contribution in [3.63, 3.8) is 0 Å². The molecular formula is C20H17FN2O5S. The number of sulfonamides is 1. The molecule has 3 rings (SSSR count). The minimum Gasteiger partial charge on any atom is -0.496 e.